The molecule has 21 heavy (non-hydrogen) atoms. The van der Waals surface area contributed by atoms with Crippen molar-refractivity contribution in [3.8, 4) is 0 Å². The van der Waals surface area contributed by atoms with Crippen molar-refractivity contribution in [2.24, 2.45) is 0 Å². The fourth-order valence-electron chi connectivity index (χ4n) is 3.22. The summed E-state index contributed by atoms with van der Waals surface area (Å²) in [4.78, 5) is 14.2. The van der Waals surface area contributed by atoms with E-state index in [0.717, 1.165) is 37.3 Å². The summed E-state index contributed by atoms with van der Waals surface area (Å²) < 4.78 is 0. The normalized spacial score (nSPS) is 19.0. The van der Waals surface area contributed by atoms with Crippen LogP contribution < -0.4 is 15.5 Å². The van der Waals surface area contributed by atoms with Crippen molar-refractivity contribution in [1.82, 2.24) is 5.32 Å². The van der Waals surface area contributed by atoms with Crippen LogP contribution in [0.4, 0.5) is 16.2 Å². The summed E-state index contributed by atoms with van der Waals surface area (Å²) in [5, 5.41) is 6.59. The molecule has 0 spiro atoms. The van der Waals surface area contributed by atoms with Crippen LogP contribution in [-0.2, 0) is 0 Å². The van der Waals surface area contributed by atoms with Crippen LogP contribution in [-0.4, -0.2) is 25.2 Å². The standard InChI is InChI=1S/C16H22ClN3O/c17-14-11-13(7-8-15(14)20-9-3-4-10-20)19-16(21)18-12-5-1-2-6-12/h7-8,11-12H,1-6,9-10H2,(H2,18,19,21). The van der Waals surface area contributed by atoms with Crippen LogP contribution in [0.1, 0.15) is 38.5 Å². The molecule has 2 amide bonds. The molecule has 1 aliphatic carbocycles. The smallest absolute Gasteiger partial charge is 0.319 e. The molecule has 0 aromatic heterocycles. The quantitative estimate of drug-likeness (QED) is 0.886. The Bertz CT molecular complexity index is 508. The van der Waals surface area contributed by atoms with Gasteiger partial charge >= 0.3 is 6.03 Å². The van der Waals surface area contributed by atoms with Gasteiger partial charge in [-0.3, -0.25) is 0 Å². The minimum absolute atomic E-state index is 0.133. The van der Waals surface area contributed by atoms with E-state index in [9.17, 15) is 4.79 Å². The highest BCUT2D eigenvalue weighted by Gasteiger charge is 2.18. The number of nitrogens with one attached hydrogen (secondary N) is 2. The van der Waals surface area contributed by atoms with E-state index in [4.69, 9.17) is 11.6 Å². The lowest BCUT2D eigenvalue weighted by Crippen LogP contribution is -2.36. The summed E-state index contributed by atoms with van der Waals surface area (Å²) in [6.45, 7) is 2.13. The molecule has 0 bridgehead atoms. The molecule has 1 heterocycles. The first kappa shape index (κ1) is 14.5. The molecule has 2 fully saturated rings. The molecule has 2 aliphatic rings. The molecule has 114 valence electrons. The molecular formula is C16H22ClN3O. The maximum atomic E-state index is 11.9. The van der Waals surface area contributed by atoms with E-state index in [-0.39, 0.29) is 6.03 Å². The number of nitrogens with zero attached hydrogens (tertiary/aromatic N) is 1. The van der Waals surface area contributed by atoms with E-state index in [0.29, 0.717) is 11.1 Å². The highest BCUT2D eigenvalue weighted by molar-refractivity contribution is 6.33. The Balaban J connectivity index is 1.60. The molecule has 1 aromatic rings. The predicted octanol–water partition coefficient (Wildman–Crippen LogP) is 4.00. The third-order valence-electron chi connectivity index (χ3n) is 4.34. The minimum atomic E-state index is -0.133. The van der Waals surface area contributed by atoms with Gasteiger partial charge in [-0.15, -0.1) is 0 Å². The Labute approximate surface area is 130 Å². The number of hydrogen-bond donors (Lipinski definition) is 2. The molecule has 1 saturated heterocycles. The second kappa shape index (κ2) is 6.56. The summed E-state index contributed by atoms with van der Waals surface area (Å²) in [6, 6.07) is 5.95. The number of hydrogen-bond acceptors (Lipinski definition) is 2. The van der Waals surface area contributed by atoms with Crippen molar-refractivity contribution < 1.29 is 4.79 Å². The average Bonchev–Trinajstić information content (AvgIpc) is 3.11. The zero-order valence-electron chi connectivity index (χ0n) is 12.2. The molecule has 2 N–H and O–H groups in total. The summed E-state index contributed by atoms with van der Waals surface area (Å²) in [5.74, 6) is 0. The van der Waals surface area contributed by atoms with Crippen LogP contribution in [0.15, 0.2) is 18.2 Å². The Morgan fingerprint density at radius 1 is 1.14 bits per heavy atom. The van der Waals surface area contributed by atoms with Gasteiger partial charge in [-0.2, -0.15) is 0 Å². The van der Waals surface area contributed by atoms with E-state index in [2.05, 4.69) is 15.5 Å². The zero-order chi connectivity index (χ0) is 14.7. The highest BCUT2D eigenvalue weighted by atomic mass is 35.5. The summed E-state index contributed by atoms with van der Waals surface area (Å²) in [7, 11) is 0. The summed E-state index contributed by atoms with van der Waals surface area (Å²) in [6.07, 6.45) is 7.03. The number of carbonyl (C=O) groups excluding carboxylic acids is 1. The predicted molar refractivity (Wildman–Crippen MR) is 87.3 cm³/mol. The molecule has 1 aromatic carbocycles. The zero-order valence-corrected chi connectivity index (χ0v) is 13.0. The second-order valence-electron chi connectivity index (χ2n) is 5.94. The Kier molecular flexibility index (Phi) is 4.54. The van der Waals surface area contributed by atoms with Gasteiger partial charge in [0, 0.05) is 24.8 Å². The lowest BCUT2D eigenvalue weighted by atomic mass is 10.2. The second-order valence-corrected chi connectivity index (χ2v) is 6.35. The molecule has 0 atom stereocenters. The van der Waals surface area contributed by atoms with Gasteiger partial charge < -0.3 is 15.5 Å². The largest absolute Gasteiger partial charge is 0.370 e. The Morgan fingerprint density at radius 3 is 2.52 bits per heavy atom. The third kappa shape index (κ3) is 3.62. The number of anilines is 2. The van der Waals surface area contributed by atoms with Crippen molar-refractivity contribution in [2.45, 2.75) is 44.6 Å². The van der Waals surface area contributed by atoms with Crippen molar-refractivity contribution in [2.75, 3.05) is 23.3 Å². The van der Waals surface area contributed by atoms with Crippen LogP contribution in [0.3, 0.4) is 0 Å². The van der Waals surface area contributed by atoms with E-state index >= 15 is 0 Å². The lowest BCUT2D eigenvalue weighted by Gasteiger charge is -2.20. The SMILES string of the molecule is O=C(Nc1ccc(N2CCCC2)c(Cl)c1)NC1CCCC1. The maximum Gasteiger partial charge on any atom is 0.319 e. The van der Waals surface area contributed by atoms with Gasteiger partial charge in [-0.1, -0.05) is 24.4 Å². The molecule has 1 aliphatic heterocycles. The van der Waals surface area contributed by atoms with Crippen molar-refractivity contribution in [1.29, 1.82) is 0 Å². The first-order valence-corrected chi connectivity index (χ1v) is 8.22. The van der Waals surface area contributed by atoms with Gasteiger partial charge in [-0.05, 0) is 43.9 Å². The third-order valence-corrected chi connectivity index (χ3v) is 4.65. The Morgan fingerprint density at radius 2 is 1.86 bits per heavy atom. The van der Waals surface area contributed by atoms with Crippen molar-refractivity contribution in [3.63, 3.8) is 0 Å². The molecule has 0 radical (unpaired) electrons. The fraction of sp³-hybridized carbons (Fsp3) is 0.562. The van der Waals surface area contributed by atoms with Crippen molar-refractivity contribution >= 4 is 29.0 Å². The summed E-state index contributed by atoms with van der Waals surface area (Å²) >= 11 is 6.35. The maximum absolute atomic E-state index is 11.9. The lowest BCUT2D eigenvalue weighted by molar-refractivity contribution is 0.248. The number of rotatable bonds is 3. The fourth-order valence-corrected chi connectivity index (χ4v) is 3.52. The molecule has 1 saturated carbocycles. The number of amides is 2. The number of carbonyl (C=O) groups is 1. The topological polar surface area (TPSA) is 44.4 Å². The van der Waals surface area contributed by atoms with Gasteiger partial charge in [0.05, 0.1) is 10.7 Å². The first-order chi connectivity index (χ1) is 10.2. The first-order valence-electron chi connectivity index (χ1n) is 7.84. The van der Waals surface area contributed by atoms with Crippen LogP contribution in [0.25, 0.3) is 0 Å². The van der Waals surface area contributed by atoms with E-state index in [1.54, 1.807) is 0 Å². The highest BCUT2D eigenvalue weighted by Crippen LogP contribution is 2.31. The van der Waals surface area contributed by atoms with Crippen LogP contribution >= 0.6 is 11.6 Å². The van der Waals surface area contributed by atoms with Gasteiger partial charge in [0.25, 0.3) is 0 Å². The molecule has 4 nitrogen and oxygen atoms in total. The molecule has 0 unspecified atom stereocenters. The van der Waals surface area contributed by atoms with Gasteiger partial charge in [0.1, 0.15) is 0 Å². The molecule has 5 heteroatoms. The van der Waals surface area contributed by atoms with Crippen molar-refractivity contribution in [3.05, 3.63) is 23.2 Å². The molecule has 3 rings (SSSR count). The van der Waals surface area contributed by atoms with Crippen LogP contribution in [0.2, 0.25) is 5.02 Å². The summed E-state index contributed by atoms with van der Waals surface area (Å²) in [5.41, 5.74) is 1.81. The minimum Gasteiger partial charge on any atom is -0.370 e. The van der Waals surface area contributed by atoms with E-state index in [1.165, 1.54) is 25.7 Å². The molecular weight excluding hydrogens is 286 g/mol. The van der Waals surface area contributed by atoms with E-state index in [1.807, 2.05) is 18.2 Å². The Hall–Kier alpha value is -1.42. The van der Waals surface area contributed by atoms with Crippen LogP contribution in [0, 0.1) is 0 Å². The monoisotopic (exact) mass is 307 g/mol. The van der Waals surface area contributed by atoms with Gasteiger partial charge in [0.2, 0.25) is 0 Å². The number of urea groups is 1. The average molecular weight is 308 g/mol. The van der Waals surface area contributed by atoms with Gasteiger partial charge in [-0.25, -0.2) is 4.79 Å². The van der Waals surface area contributed by atoms with E-state index < -0.39 is 0 Å². The van der Waals surface area contributed by atoms with Gasteiger partial charge in [0.15, 0.2) is 0 Å². The van der Waals surface area contributed by atoms with Crippen LogP contribution in [0.5, 0.6) is 0 Å². The number of halogens is 1. The number of benzene rings is 1.